The molecule has 0 aromatic heterocycles. The lowest BCUT2D eigenvalue weighted by atomic mass is 10.0. The highest BCUT2D eigenvalue weighted by molar-refractivity contribution is 6.05. The van der Waals surface area contributed by atoms with E-state index in [9.17, 15) is 14.4 Å². The first-order valence-electron chi connectivity index (χ1n) is 5.29. The third-order valence-electron chi connectivity index (χ3n) is 1.98. The Kier molecular flexibility index (Phi) is 5.29. The maximum absolute atomic E-state index is 11.4. The van der Waals surface area contributed by atoms with Crippen LogP contribution in [0, 0.1) is 0 Å². The molecule has 0 aliphatic heterocycles. The first-order chi connectivity index (χ1) is 8.03. The van der Waals surface area contributed by atoms with Crippen molar-refractivity contribution in [2.45, 2.75) is 45.8 Å². The summed E-state index contributed by atoms with van der Waals surface area (Å²) in [5, 5.41) is 0. The van der Waals surface area contributed by atoms with Gasteiger partial charge in [-0.15, -0.1) is 0 Å². The van der Waals surface area contributed by atoms with E-state index in [-0.39, 0.29) is 0 Å². The fraction of sp³-hybridized carbons (Fsp3) is 0.727. The van der Waals surface area contributed by atoms with Crippen molar-refractivity contribution in [3.05, 3.63) is 0 Å². The summed E-state index contributed by atoms with van der Waals surface area (Å²) in [6, 6.07) is 0. The van der Waals surface area contributed by atoms with Gasteiger partial charge in [0, 0.05) is 0 Å². The minimum Gasteiger partial charge on any atom is -0.466 e. The Bertz CT molecular complexity index is 346. The fourth-order valence-corrected chi connectivity index (χ4v) is 0.895. The quantitative estimate of drug-likeness (QED) is 0.460. The van der Waals surface area contributed by atoms with Crippen molar-refractivity contribution in [1.82, 2.24) is 5.48 Å². The highest BCUT2D eigenvalue weighted by atomic mass is 16.7. The summed E-state index contributed by atoms with van der Waals surface area (Å²) in [5.74, 6) is -1.52. The maximum Gasteiger partial charge on any atom is 0.431 e. The van der Waals surface area contributed by atoms with E-state index in [2.05, 4.69) is 4.74 Å². The van der Waals surface area contributed by atoms with Gasteiger partial charge in [0.2, 0.25) is 5.60 Å². The summed E-state index contributed by atoms with van der Waals surface area (Å²) in [6.07, 6.45) is -0.904. The predicted octanol–water partition coefficient (Wildman–Crippen LogP) is 0.963. The number of carbonyl (C=O) groups is 3. The molecule has 1 atom stereocenters. The van der Waals surface area contributed by atoms with Crippen molar-refractivity contribution < 1.29 is 28.7 Å². The van der Waals surface area contributed by atoms with E-state index in [4.69, 9.17) is 9.57 Å². The van der Waals surface area contributed by atoms with Crippen molar-refractivity contribution in [2.24, 2.45) is 0 Å². The van der Waals surface area contributed by atoms with E-state index >= 15 is 0 Å². The predicted molar refractivity (Wildman–Crippen MR) is 61.6 cm³/mol. The first kappa shape index (κ1) is 16.4. The summed E-state index contributed by atoms with van der Waals surface area (Å²) in [6.45, 7) is 7.33. The van der Waals surface area contributed by atoms with Crippen LogP contribution in [0.2, 0.25) is 0 Å². The topological polar surface area (TPSA) is 90.9 Å². The molecule has 1 amide bonds. The number of hydroxylamine groups is 1. The molecule has 0 fully saturated rings. The third-order valence-corrected chi connectivity index (χ3v) is 1.98. The summed E-state index contributed by atoms with van der Waals surface area (Å²) in [7, 11) is 1.11. The Hall–Kier alpha value is -1.63. The van der Waals surface area contributed by atoms with E-state index in [1.165, 1.54) is 6.92 Å². The van der Waals surface area contributed by atoms with Crippen molar-refractivity contribution in [3.8, 4) is 0 Å². The summed E-state index contributed by atoms with van der Waals surface area (Å²) < 4.78 is 9.32. The van der Waals surface area contributed by atoms with Gasteiger partial charge in [-0.25, -0.2) is 14.4 Å². The minimum absolute atomic E-state index is 0.606. The molecule has 0 saturated heterocycles. The van der Waals surface area contributed by atoms with Gasteiger partial charge in [-0.1, -0.05) is 0 Å². The molecule has 0 aliphatic carbocycles. The van der Waals surface area contributed by atoms with Crippen LogP contribution in [-0.2, 0) is 23.9 Å². The van der Waals surface area contributed by atoms with E-state index in [0.29, 0.717) is 0 Å². The Labute approximate surface area is 106 Å². The molecule has 0 spiro atoms. The van der Waals surface area contributed by atoms with E-state index in [0.717, 1.165) is 14.0 Å². The van der Waals surface area contributed by atoms with Crippen LogP contribution in [-0.4, -0.2) is 36.2 Å². The molecule has 0 aromatic rings. The van der Waals surface area contributed by atoms with Gasteiger partial charge in [-0.3, -0.25) is 4.79 Å². The van der Waals surface area contributed by atoms with Crippen LogP contribution in [0.25, 0.3) is 0 Å². The van der Waals surface area contributed by atoms with Crippen molar-refractivity contribution in [3.63, 3.8) is 0 Å². The molecule has 0 aliphatic rings. The number of methoxy groups -OCH3 is 1. The van der Waals surface area contributed by atoms with Gasteiger partial charge in [-0.2, -0.15) is 5.48 Å². The number of esters is 1. The number of ether oxygens (including phenoxy) is 2. The molecule has 18 heavy (non-hydrogen) atoms. The molecule has 7 heteroatoms. The Morgan fingerprint density at radius 2 is 1.56 bits per heavy atom. The van der Waals surface area contributed by atoms with Gasteiger partial charge in [0.15, 0.2) is 5.78 Å². The third kappa shape index (κ3) is 4.70. The Morgan fingerprint density at radius 3 is 1.89 bits per heavy atom. The van der Waals surface area contributed by atoms with Gasteiger partial charge < -0.3 is 9.47 Å². The van der Waals surface area contributed by atoms with Crippen molar-refractivity contribution in [1.29, 1.82) is 0 Å². The van der Waals surface area contributed by atoms with Crippen molar-refractivity contribution >= 4 is 17.8 Å². The molecule has 0 rings (SSSR count). The van der Waals surface area contributed by atoms with E-state index in [1.807, 2.05) is 5.48 Å². The van der Waals surface area contributed by atoms with Crippen LogP contribution >= 0.6 is 0 Å². The van der Waals surface area contributed by atoms with Gasteiger partial charge in [0.25, 0.3) is 0 Å². The standard InChI is InChI=1S/C11H19NO6/c1-7(13)11(5,8(14)16-6)18-12-9(15)17-10(2,3)4/h1-6H3,(H,12,15). The molecule has 1 unspecified atom stereocenters. The molecule has 0 bridgehead atoms. The first-order valence-corrected chi connectivity index (χ1v) is 5.29. The van der Waals surface area contributed by atoms with E-state index < -0.39 is 29.0 Å². The van der Waals surface area contributed by atoms with Crippen molar-refractivity contribution in [2.75, 3.05) is 7.11 Å². The molecule has 0 saturated carbocycles. The van der Waals surface area contributed by atoms with Crippen LogP contribution in [0.3, 0.4) is 0 Å². The fourth-order valence-electron chi connectivity index (χ4n) is 0.895. The highest BCUT2D eigenvalue weighted by Crippen LogP contribution is 2.13. The van der Waals surface area contributed by atoms with Gasteiger partial charge in [-0.05, 0) is 34.6 Å². The molecule has 1 N–H and O–H groups in total. The zero-order valence-corrected chi connectivity index (χ0v) is 11.4. The summed E-state index contributed by atoms with van der Waals surface area (Å²) in [5.41, 5.74) is -0.721. The number of carbonyl (C=O) groups excluding carboxylic acids is 3. The molecule has 0 aromatic carbocycles. The van der Waals surface area contributed by atoms with Gasteiger partial charge >= 0.3 is 12.1 Å². The zero-order valence-electron chi connectivity index (χ0n) is 11.4. The lowest BCUT2D eigenvalue weighted by Gasteiger charge is -2.25. The normalized spacial score (nSPS) is 14.3. The number of amides is 1. The lowest BCUT2D eigenvalue weighted by Crippen LogP contribution is -2.51. The second-order valence-corrected chi connectivity index (χ2v) is 4.79. The SMILES string of the molecule is COC(=O)C(C)(ONC(=O)OC(C)(C)C)C(C)=O. The monoisotopic (exact) mass is 261 g/mol. The molecule has 104 valence electrons. The largest absolute Gasteiger partial charge is 0.466 e. The van der Waals surface area contributed by atoms with Crippen LogP contribution in [0.4, 0.5) is 4.79 Å². The number of ketones is 1. The Balaban J connectivity index is 4.61. The number of rotatable bonds is 4. The number of Topliss-reactive ketones (excluding diaryl/α,β-unsaturated/α-hetero) is 1. The second kappa shape index (κ2) is 5.81. The highest BCUT2D eigenvalue weighted by Gasteiger charge is 2.42. The molecule has 7 nitrogen and oxygen atoms in total. The lowest BCUT2D eigenvalue weighted by molar-refractivity contribution is -0.179. The van der Waals surface area contributed by atoms with E-state index in [1.54, 1.807) is 20.8 Å². The average molecular weight is 261 g/mol. The van der Waals surface area contributed by atoms with Crippen LogP contribution in [0.1, 0.15) is 34.6 Å². The number of hydrogen-bond acceptors (Lipinski definition) is 6. The van der Waals surface area contributed by atoms with Crippen LogP contribution in [0.5, 0.6) is 0 Å². The van der Waals surface area contributed by atoms with Gasteiger partial charge in [0.05, 0.1) is 7.11 Å². The smallest absolute Gasteiger partial charge is 0.431 e. The zero-order chi connectivity index (χ0) is 14.6. The summed E-state index contributed by atoms with van der Waals surface area (Å²) >= 11 is 0. The molecule has 0 radical (unpaired) electrons. The Morgan fingerprint density at radius 1 is 1.06 bits per heavy atom. The molecule has 0 heterocycles. The number of nitrogens with one attached hydrogen (secondary N) is 1. The number of hydrogen-bond donors (Lipinski definition) is 1. The average Bonchev–Trinajstić information content (AvgIpc) is 2.22. The molecular formula is C11H19NO6. The second-order valence-electron chi connectivity index (χ2n) is 4.79. The summed E-state index contributed by atoms with van der Waals surface area (Å²) in [4.78, 5) is 38.9. The van der Waals surface area contributed by atoms with Gasteiger partial charge in [0.1, 0.15) is 5.60 Å². The van der Waals surface area contributed by atoms with Crippen LogP contribution < -0.4 is 5.48 Å². The maximum atomic E-state index is 11.4. The van der Waals surface area contributed by atoms with Crippen LogP contribution in [0.15, 0.2) is 0 Å². The molecular weight excluding hydrogens is 242 g/mol. The minimum atomic E-state index is -1.90.